The number of H-pyrrole nitrogens is 1. The maximum Gasteiger partial charge on any atom is 0.275 e. The molecule has 0 aliphatic heterocycles. The third-order valence-electron chi connectivity index (χ3n) is 2.77. The van der Waals surface area contributed by atoms with Crippen molar-refractivity contribution in [1.29, 1.82) is 0 Å². The van der Waals surface area contributed by atoms with Crippen LogP contribution in [-0.4, -0.2) is 47.0 Å². The number of hydrogen-bond acceptors (Lipinski definition) is 3. The molecule has 1 aromatic heterocycles. The number of hydrogen-bond donors (Lipinski definition) is 2. The topological polar surface area (TPSA) is 78.1 Å². The van der Waals surface area contributed by atoms with E-state index < -0.39 is 0 Å². The van der Waals surface area contributed by atoms with E-state index in [0.29, 0.717) is 12.2 Å². The second-order valence-corrected chi connectivity index (χ2v) is 4.23. The highest BCUT2D eigenvalue weighted by molar-refractivity contribution is 6.05. The van der Waals surface area contributed by atoms with Crippen LogP contribution in [0.1, 0.15) is 17.4 Å². The zero-order chi connectivity index (χ0) is 13.8. The summed E-state index contributed by atoms with van der Waals surface area (Å²) in [5.74, 6) is -0.457. The second kappa shape index (κ2) is 5.51. The van der Waals surface area contributed by atoms with Crippen LogP contribution in [0, 0.1) is 0 Å². The van der Waals surface area contributed by atoms with Gasteiger partial charge in [-0.15, -0.1) is 0 Å². The molecule has 2 aromatic rings. The number of fused-ring (bicyclic) bond motifs is 1. The lowest BCUT2D eigenvalue weighted by molar-refractivity contribution is -0.121. The van der Waals surface area contributed by atoms with Crippen molar-refractivity contribution < 1.29 is 9.59 Å². The predicted molar refractivity (Wildman–Crippen MR) is 71.7 cm³/mol. The summed E-state index contributed by atoms with van der Waals surface area (Å²) in [5.41, 5.74) is 1.14. The van der Waals surface area contributed by atoms with E-state index >= 15 is 0 Å². The lowest BCUT2D eigenvalue weighted by atomic mass is 10.2. The monoisotopic (exact) mass is 260 g/mol. The average molecular weight is 260 g/mol. The number of amides is 2. The molecule has 0 fully saturated rings. The summed E-state index contributed by atoms with van der Waals surface area (Å²) in [4.78, 5) is 25.0. The van der Waals surface area contributed by atoms with Crippen molar-refractivity contribution in [3.63, 3.8) is 0 Å². The number of likely N-dealkylation sites (N-methyl/N-ethyl adjacent to an activating group) is 2. The van der Waals surface area contributed by atoms with E-state index in [-0.39, 0.29) is 18.4 Å². The zero-order valence-corrected chi connectivity index (χ0v) is 10.9. The minimum absolute atomic E-state index is 0.0217. The molecule has 100 valence electrons. The maximum atomic E-state index is 12.2. The van der Waals surface area contributed by atoms with Crippen LogP contribution in [0.25, 0.3) is 10.9 Å². The highest BCUT2D eigenvalue weighted by atomic mass is 16.2. The molecular weight excluding hydrogens is 244 g/mol. The summed E-state index contributed by atoms with van der Waals surface area (Å²) >= 11 is 0. The number of carbonyl (C=O) groups excluding carboxylic acids is 2. The summed E-state index contributed by atoms with van der Waals surface area (Å²) < 4.78 is 0. The number of benzene rings is 1. The summed E-state index contributed by atoms with van der Waals surface area (Å²) in [6, 6.07) is 7.39. The third kappa shape index (κ3) is 2.73. The van der Waals surface area contributed by atoms with Crippen molar-refractivity contribution in [3.8, 4) is 0 Å². The quantitative estimate of drug-likeness (QED) is 0.852. The minimum atomic E-state index is -0.274. The van der Waals surface area contributed by atoms with E-state index in [9.17, 15) is 9.59 Å². The van der Waals surface area contributed by atoms with Crippen molar-refractivity contribution in [2.45, 2.75) is 6.92 Å². The van der Waals surface area contributed by atoms with Crippen molar-refractivity contribution in [1.82, 2.24) is 20.4 Å². The van der Waals surface area contributed by atoms with Gasteiger partial charge in [-0.05, 0) is 13.0 Å². The highest BCUT2D eigenvalue weighted by Gasteiger charge is 2.19. The van der Waals surface area contributed by atoms with Gasteiger partial charge in [0.2, 0.25) is 5.91 Å². The third-order valence-corrected chi connectivity index (χ3v) is 2.77. The Morgan fingerprint density at radius 2 is 2.11 bits per heavy atom. The van der Waals surface area contributed by atoms with Crippen molar-refractivity contribution >= 4 is 22.7 Å². The lowest BCUT2D eigenvalue weighted by Gasteiger charge is -2.15. The SMILES string of the molecule is CCNC(=O)CN(C)C(=O)c1n[nH]c2ccccc12. The van der Waals surface area contributed by atoms with Gasteiger partial charge in [0, 0.05) is 19.0 Å². The van der Waals surface area contributed by atoms with Gasteiger partial charge in [-0.1, -0.05) is 18.2 Å². The first-order chi connectivity index (χ1) is 9.13. The van der Waals surface area contributed by atoms with E-state index in [1.807, 2.05) is 31.2 Å². The van der Waals surface area contributed by atoms with Crippen LogP contribution in [0.3, 0.4) is 0 Å². The number of nitrogens with one attached hydrogen (secondary N) is 2. The van der Waals surface area contributed by atoms with E-state index in [1.54, 1.807) is 7.05 Å². The summed E-state index contributed by atoms with van der Waals surface area (Å²) in [5, 5.41) is 10.2. The molecular formula is C13H16N4O2. The number of nitrogens with zero attached hydrogens (tertiary/aromatic N) is 2. The highest BCUT2D eigenvalue weighted by Crippen LogP contribution is 2.16. The smallest absolute Gasteiger partial charge is 0.275 e. The van der Waals surface area contributed by atoms with E-state index in [0.717, 1.165) is 10.9 Å². The van der Waals surface area contributed by atoms with Crippen LogP contribution in [0.4, 0.5) is 0 Å². The Kier molecular flexibility index (Phi) is 3.79. The maximum absolute atomic E-state index is 12.2. The summed E-state index contributed by atoms with van der Waals surface area (Å²) in [7, 11) is 1.58. The van der Waals surface area contributed by atoms with Gasteiger partial charge in [0.1, 0.15) is 0 Å². The second-order valence-electron chi connectivity index (χ2n) is 4.23. The molecule has 0 radical (unpaired) electrons. The summed E-state index contributed by atoms with van der Waals surface area (Å²) in [6.07, 6.45) is 0. The van der Waals surface area contributed by atoms with Crippen molar-refractivity contribution in [2.75, 3.05) is 20.1 Å². The van der Waals surface area contributed by atoms with E-state index in [4.69, 9.17) is 0 Å². The normalized spacial score (nSPS) is 10.4. The molecule has 6 heteroatoms. The molecule has 2 rings (SSSR count). The van der Waals surface area contributed by atoms with Crippen LogP contribution >= 0.6 is 0 Å². The van der Waals surface area contributed by atoms with Crippen molar-refractivity contribution in [3.05, 3.63) is 30.0 Å². The number of aromatic nitrogens is 2. The Morgan fingerprint density at radius 3 is 2.84 bits per heavy atom. The molecule has 2 amide bonds. The predicted octanol–water partition coefficient (Wildman–Crippen LogP) is 0.771. The van der Waals surface area contributed by atoms with Gasteiger partial charge in [-0.3, -0.25) is 14.7 Å². The van der Waals surface area contributed by atoms with Gasteiger partial charge in [0.05, 0.1) is 12.1 Å². The van der Waals surface area contributed by atoms with Gasteiger partial charge in [0.25, 0.3) is 5.91 Å². The average Bonchev–Trinajstić information content (AvgIpc) is 2.81. The molecule has 0 aliphatic rings. The Labute approximate surface area is 110 Å². The fourth-order valence-electron chi connectivity index (χ4n) is 1.85. The number of aromatic amines is 1. The number of rotatable bonds is 4. The lowest BCUT2D eigenvalue weighted by Crippen LogP contribution is -2.38. The molecule has 0 spiro atoms. The zero-order valence-electron chi connectivity index (χ0n) is 10.9. The Balaban J connectivity index is 2.17. The van der Waals surface area contributed by atoms with Crippen molar-refractivity contribution in [2.24, 2.45) is 0 Å². The largest absolute Gasteiger partial charge is 0.355 e. The molecule has 0 bridgehead atoms. The molecule has 2 N–H and O–H groups in total. The summed E-state index contributed by atoms with van der Waals surface area (Å²) in [6.45, 7) is 2.40. The van der Waals surface area contributed by atoms with Gasteiger partial charge in [-0.2, -0.15) is 5.10 Å². The molecule has 0 saturated carbocycles. The first-order valence-corrected chi connectivity index (χ1v) is 6.08. The molecule has 1 aromatic carbocycles. The first kappa shape index (κ1) is 13.1. The first-order valence-electron chi connectivity index (χ1n) is 6.08. The fraction of sp³-hybridized carbons (Fsp3) is 0.308. The standard InChI is InChI=1S/C13H16N4O2/c1-3-14-11(18)8-17(2)13(19)12-9-6-4-5-7-10(9)15-16-12/h4-7H,3,8H2,1-2H3,(H,14,18)(H,15,16). The number of para-hydroxylation sites is 1. The molecule has 1 heterocycles. The van der Waals surface area contributed by atoms with E-state index in [2.05, 4.69) is 15.5 Å². The Bertz CT molecular complexity index is 605. The minimum Gasteiger partial charge on any atom is -0.355 e. The van der Waals surface area contributed by atoms with Crippen LogP contribution in [-0.2, 0) is 4.79 Å². The van der Waals surface area contributed by atoms with Crippen LogP contribution in [0.15, 0.2) is 24.3 Å². The van der Waals surface area contributed by atoms with Crippen LogP contribution in [0.5, 0.6) is 0 Å². The molecule has 0 atom stereocenters. The molecule has 0 aliphatic carbocycles. The van der Waals surface area contributed by atoms with Crippen LogP contribution in [0.2, 0.25) is 0 Å². The van der Waals surface area contributed by atoms with Gasteiger partial charge in [-0.25, -0.2) is 0 Å². The Hall–Kier alpha value is -2.37. The van der Waals surface area contributed by atoms with E-state index in [1.165, 1.54) is 4.90 Å². The van der Waals surface area contributed by atoms with Gasteiger partial charge in [0.15, 0.2) is 5.69 Å². The molecule has 6 nitrogen and oxygen atoms in total. The van der Waals surface area contributed by atoms with Gasteiger partial charge >= 0.3 is 0 Å². The molecule has 19 heavy (non-hydrogen) atoms. The van der Waals surface area contributed by atoms with Gasteiger partial charge < -0.3 is 10.2 Å². The van der Waals surface area contributed by atoms with Crippen LogP contribution < -0.4 is 5.32 Å². The molecule has 0 saturated heterocycles. The number of carbonyl (C=O) groups is 2. The Morgan fingerprint density at radius 1 is 1.37 bits per heavy atom. The fourth-order valence-corrected chi connectivity index (χ4v) is 1.85. The molecule has 0 unspecified atom stereocenters.